The zero-order valence-corrected chi connectivity index (χ0v) is 31.8. The van der Waals surface area contributed by atoms with Gasteiger partial charge in [-0.15, -0.1) is 12.4 Å². The number of ether oxygens (including phenoxy) is 12. The lowest BCUT2D eigenvalue weighted by molar-refractivity contribution is -0.139. The summed E-state index contributed by atoms with van der Waals surface area (Å²) in [6.07, 6.45) is -0.0468. The number of carboxylic acid groups (broad SMARTS) is 2. The van der Waals surface area contributed by atoms with Gasteiger partial charge in [0, 0.05) is 31.1 Å². The second-order valence-corrected chi connectivity index (χ2v) is 10.4. The van der Waals surface area contributed by atoms with E-state index in [9.17, 15) is 9.59 Å². The quantitative estimate of drug-likeness (QED) is 0.0381. The largest absolute Gasteiger partial charge is 0.481 e. The standard InChI is InChI=1S/C32H62N4O16.ClH/c33-35-34-3-9-43-15-21-49-27-30-52-24-18-46-12-6-36(4-10-44-16-22-50-28-25-47-19-13-41-7-1-31(37)38)5-11-45-17-23-51-29-26-48-20-14-42-8-2-32(39)40;/h1-30H2,(H,37,38)(H,39,40);1H. The summed E-state index contributed by atoms with van der Waals surface area (Å²) >= 11 is 0. The van der Waals surface area contributed by atoms with E-state index < -0.39 is 11.9 Å². The van der Waals surface area contributed by atoms with E-state index in [-0.39, 0.29) is 38.5 Å². The minimum Gasteiger partial charge on any atom is -0.481 e. The third kappa shape index (κ3) is 48.0. The average Bonchev–Trinajstić information content (AvgIpc) is 3.12. The predicted octanol–water partition coefficient (Wildman–Crippen LogP) is 1.17. The lowest BCUT2D eigenvalue weighted by Gasteiger charge is -2.22. The zero-order chi connectivity index (χ0) is 37.8. The van der Waals surface area contributed by atoms with E-state index in [1.54, 1.807) is 0 Å². The molecule has 0 unspecified atom stereocenters. The Labute approximate surface area is 318 Å². The van der Waals surface area contributed by atoms with Crippen molar-refractivity contribution in [3.8, 4) is 0 Å². The van der Waals surface area contributed by atoms with Gasteiger partial charge in [-0.2, -0.15) is 0 Å². The Hall–Kier alpha value is -1.98. The first-order valence-corrected chi connectivity index (χ1v) is 17.7. The Kier molecular flexibility index (Phi) is 46.3. The molecule has 0 aromatic rings. The first-order valence-electron chi connectivity index (χ1n) is 17.7. The van der Waals surface area contributed by atoms with Gasteiger partial charge in [-0.25, -0.2) is 0 Å². The number of azide groups is 1. The number of aliphatic carboxylic acids is 2. The van der Waals surface area contributed by atoms with Gasteiger partial charge in [-0.1, -0.05) is 5.11 Å². The van der Waals surface area contributed by atoms with Crippen molar-refractivity contribution in [2.45, 2.75) is 12.8 Å². The van der Waals surface area contributed by atoms with Crippen molar-refractivity contribution >= 4 is 24.3 Å². The molecule has 0 aliphatic heterocycles. The highest BCUT2D eigenvalue weighted by Crippen LogP contribution is 1.94. The van der Waals surface area contributed by atoms with Crippen LogP contribution in [0.3, 0.4) is 0 Å². The Balaban J connectivity index is 0. The van der Waals surface area contributed by atoms with E-state index in [4.69, 9.17) is 72.6 Å². The molecule has 53 heavy (non-hydrogen) atoms. The van der Waals surface area contributed by atoms with Crippen LogP contribution >= 0.6 is 12.4 Å². The maximum absolute atomic E-state index is 10.4. The number of hydrogen-bond donors (Lipinski definition) is 2. The fourth-order valence-electron chi connectivity index (χ4n) is 3.67. The van der Waals surface area contributed by atoms with Gasteiger partial charge in [-0.05, 0) is 5.53 Å². The topological polar surface area (TPSA) is 237 Å². The Bertz CT molecular complexity index is 753. The molecule has 0 rings (SSSR count). The number of carboxylic acids is 2. The van der Waals surface area contributed by atoms with Crippen molar-refractivity contribution in [1.82, 2.24) is 4.90 Å². The number of nitrogens with zero attached hydrogens (tertiary/aromatic N) is 4. The van der Waals surface area contributed by atoms with Crippen molar-refractivity contribution in [1.29, 1.82) is 0 Å². The van der Waals surface area contributed by atoms with E-state index in [2.05, 4.69) is 14.9 Å². The number of carbonyl (C=O) groups is 2. The zero-order valence-electron chi connectivity index (χ0n) is 31.0. The molecule has 0 aliphatic rings. The van der Waals surface area contributed by atoms with Crippen LogP contribution in [0.1, 0.15) is 12.8 Å². The van der Waals surface area contributed by atoms with Gasteiger partial charge in [-0.3, -0.25) is 14.5 Å². The smallest absolute Gasteiger partial charge is 0.305 e. The Morgan fingerprint density at radius 1 is 0.415 bits per heavy atom. The highest BCUT2D eigenvalue weighted by molar-refractivity contribution is 5.85. The van der Waals surface area contributed by atoms with Gasteiger partial charge in [0.1, 0.15) is 0 Å². The minimum absolute atomic E-state index is 0. The highest BCUT2D eigenvalue weighted by Gasteiger charge is 2.06. The molecule has 0 saturated carbocycles. The van der Waals surface area contributed by atoms with Crippen LogP contribution < -0.4 is 0 Å². The molecule has 0 spiro atoms. The number of rotatable bonds is 45. The van der Waals surface area contributed by atoms with Crippen LogP contribution in [0.4, 0.5) is 0 Å². The molecule has 0 bridgehead atoms. The number of halogens is 1. The van der Waals surface area contributed by atoms with E-state index in [1.807, 2.05) is 0 Å². The van der Waals surface area contributed by atoms with Gasteiger partial charge in [0.15, 0.2) is 0 Å². The molecule has 0 aromatic carbocycles. The van der Waals surface area contributed by atoms with Crippen molar-refractivity contribution in [3.63, 3.8) is 0 Å². The second kappa shape index (κ2) is 46.2. The average molecular weight is 795 g/mol. The second-order valence-electron chi connectivity index (χ2n) is 10.4. The summed E-state index contributed by atoms with van der Waals surface area (Å²) < 4.78 is 65.5. The molecule has 0 aromatic heterocycles. The van der Waals surface area contributed by atoms with Gasteiger partial charge in [0.25, 0.3) is 0 Å². The number of hydrogen-bond acceptors (Lipinski definition) is 16. The summed E-state index contributed by atoms with van der Waals surface area (Å²) in [6.45, 7) is 12.2. The predicted molar refractivity (Wildman–Crippen MR) is 192 cm³/mol. The third-order valence-electron chi connectivity index (χ3n) is 6.32. The molecule has 0 heterocycles. The maximum Gasteiger partial charge on any atom is 0.305 e. The lowest BCUT2D eigenvalue weighted by Crippen LogP contribution is -2.34. The molecule has 0 atom stereocenters. The van der Waals surface area contributed by atoms with Gasteiger partial charge in [0.2, 0.25) is 0 Å². The van der Waals surface area contributed by atoms with Crippen molar-refractivity contribution in [2.75, 3.05) is 185 Å². The first kappa shape index (κ1) is 53.1. The third-order valence-corrected chi connectivity index (χ3v) is 6.32. The molecule has 0 fully saturated rings. The van der Waals surface area contributed by atoms with Gasteiger partial charge in [0.05, 0.1) is 171 Å². The molecule has 0 radical (unpaired) electrons. The van der Waals surface area contributed by atoms with Crippen LogP contribution in [-0.2, 0) is 66.4 Å². The Morgan fingerprint density at radius 3 is 0.887 bits per heavy atom. The van der Waals surface area contributed by atoms with E-state index >= 15 is 0 Å². The van der Waals surface area contributed by atoms with Crippen molar-refractivity contribution in [2.24, 2.45) is 5.11 Å². The summed E-state index contributed by atoms with van der Waals surface area (Å²) in [5, 5.41) is 20.5. The van der Waals surface area contributed by atoms with E-state index in [1.165, 1.54) is 0 Å². The first-order chi connectivity index (χ1) is 25.6. The fourth-order valence-corrected chi connectivity index (χ4v) is 3.67. The van der Waals surface area contributed by atoms with Crippen LogP contribution in [-0.4, -0.2) is 212 Å². The van der Waals surface area contributed by atoms with Crippen molar-refractivity contribution in [3.05, 3.63) is 10.4 Å². The maximum atomic E-state index is 10.4. The highest BCUT2D eigenvalue weighted by atomic mass is 35.5. The molecular weight excluding hydrogens is 732 g/mol. The van der Waals surface area contributed by atoms with E-state index in [0.29, 0.717) is 172 Å². The molecule has 0 aliphatic carbocycles. The summed E-state index contributed by atoms with van der Waals surface area (Å²) in [6, 6.07) is 0. The van der Waals surface area contributed by atoms with Crippen LogP contribution in [0.25, 0.3) is 10.4 Å². The molecular formula is C32H63ClN4O16. The molecule has 2 N–H and O–H groups in total. The summed E-state index contributed by atoms with van der Waals surface area (Å²) in [5.41, 5.74) is 8.20. The summed E-state index contributed by atoms with van der Waals surface area (Å²) in [5.74, 6) is -1.78. The summed E-state index contributed by atoms with van der Waals surface area (Å²) in [7, 11) is 0. The van der Waals surface area contributed by atoms with E-state index in [0.717, 1.165) is 0 Å². The minimum atomic E-state index is -0.890. The molecule has 21 heteroatoms. The molecule has 0 amide bonds. The monoisotopic (exact) mass is 794 g/mol. The van der Waals surface area contributed by atoms with Crippen LogP contribution in [0.15, 0.2) is 5.11 Å². The normalized spacial score (nSPS) is 11.1. The molecule has 314 valence electrons. The fraction of sp³-hybridized carbons (Fsp3) is 0.938. The Morgan fingerprint density at radius 2 is 0.642 bits per heavy atom. The summed E-state index contributed by atoms with van der Waals surface area (Å²) in [4.78, 5) is 25.7. The SMILES string of the molecule is Cl.[N-]=[N+]=NCCOCCOCCOCCOCCN(CCOCCOCCOCCOCCC(=O)O)CCOCCOCCOCCOCCC(=O)O. The van der Waals surface area contributed by atoms with Crippen LogP contribution in [0.2, 0.25) is 0 Å². The molecule has 0 saturated heterocycles. The lowest BCUT2D eigenvalue weighted by atomic mass is 10.4. The van der Waals surface area contributed by atoms with Crippen molar-refractivity contribution < 1.29 is 76.6 Å². The molecule has 20 nitrogen and oxygen atoms in total. The van der Waals surface area contributed by atoms with Crippen LogP contribution in [0, 0.1) is 0 Å². The van der Waals surface area contributed by atoms with Crippen LogP contribution in [0.5, 0.6) is 0 Å². The van der Waals surface area contributed by atoms with Gasteiger partial charge < -0.3 is 67.1 Å². The van der Waals surface area contributed by atoms with Gasteiger partial charge >= 0.3 is 11.9 Å².